The van der Waals surface area contributed by atoms with E-state index in [2.05, 4.69) is 15.3 Å². The first-order valence-electron chi connectivity index (χ1n) is 8.88. The van der Waals surface area contributed by atoms with Gasteiger partial charge in [-0.15, -0.1) is 0 Å². The lowest BCUT2D eigenvalue weighted by molar-refractivity contribution is -0.129. The van der Waals surface area contributed by atoms with Crippen molar-refractivity contribution in [3.05, 3.63) is 23.0 Å². The van der Waals surface area contributed by atoms with Crippen molar-refractivity contribution in [3.63, 3.8) is 0 Å². The predicted molar refractivity (Wildman–Crippen MR) is 95.5 cm³/mol. The predicted octanol–water partition coefficient (Wildman–Crippen LogP) is 2.67. The van der Waals surface area contributed by atoms with E-state index >= 15 is 0 Å². The standard InChI is InChI=1S/C18H21ClN4O2/c19-12-7-22-17-13(12)15(11(6-21-17)16(20)24)23-14-9-1-8-2-10(14)5-18(25,3-8)4-9/h6-10,14,25H,1-5H2,(H2,20,24)(H2,21,22,23). The number of nitrogens with two attached hydrogens (primary N) is 1. The van der Waals surface area contributed by atoms with Gasteiger partial charge in [-0.25, -0.2) is 4.98 Å². The highest BCUT2D eigenvalue weighted by Crippen LogP contribution is 2.56. The van der Waals surface area contributed by atoms with Crippen LogP contribution in [0.25, 0.3) is 11.0 Å². The molecule has 2 heterocycles. The number of nitrogens with one attached hydrogen (secondary N) is 2. The van der Waals surface area contributed by atoms with Gasteiger partial charge in [-0.05, 0) is 49.9 Å². The molecule has 6 rings (SSSR count). The summed E-state index contributed by atoms with van der Waals surface area (Å²) in [5.74, 6) is 0.942. The second-order valence-electron chi connectivity index (χ2n) is 8.14. The van der Waals surface area contributed by atoms with Crippen LogP contribution >= 0.6 is 11.6 Å². The minimum Gasteiger partial charge on any atom is -0.390 e. The molecule has 2 aromatic heterocycles. The van der Waals surface area contributed by atoms with Gasteiger partial charge in [-0.2, -0.15) is 0 Å². The van der Waals surface area contributed by atoms with E-state index in [9.17, 15) is 9.90 Å². The summed E-state index contributed by atoms with van der Waals surface area (Å²) in [7, 11) is 0. The van der Waals surface area contributed by atoms with Gasteiger partial charge in [0.05, 0.1) is 27.3 Å². The smallest absolute Gasteiger partial charge is 0.252 e. The first-order chi connectivity index (χ1) is 11.9. The van der Waals surface area contributed by atoms with Crippen LogP contribution in [-0.2, 0) is 0 Å². The summed E-state index contributed by atoms with van der Waals surface area (Å²) in [5.41, 5.74) is 6.77. The van der Waals surface area contributed by atoms with E-state index in [1.807, 2.05) is 0 Å². The fraction of sp³-hybridized carbons (Fsp3) is 0.556. The fourth-order valence-electron chi connectivity index (χ4n) is 5.78. The van der Waals surface area contributed by atoms with Gasteiger partial charge in [0, 0.05) is 18.4 Å². The summed E-state index contributed by atoms with van der Waals surface area (Å²) in [5, 5.41) is 15.6. The Labute approximate surface area is 150 Å². The minimum absolute atomic E-state index is 0.228. The highest BCUT2D eigenvalue weighted by molar-refractivity contribution is 6.37. The number of aromatic amines is 1. The van der Waals surface area contributed by atoms with Gasteiger partial charge in [0.25, 0.3) is 5.91 Å². The number of carbonyl (C=O) groups excluding carboxylic acids is 1. The van der Waals surface area contributed by atoms with Crippen molar-refractivity contribution in [2.75, 3.05) is 5.32 Å². The van der Waals surface area contributed by atoms with Crippen molar-refractivity contribution in [3.8, 4) is 0 Å². The Bertz CT molecular complexity index is 863. The molecule has 5 N–H and O–H groups in total. The second kappa shape index (κ2) is 5.11. The molecule has 4 aliphatic carbocycles. The maximum absolute atomic E-state index is 11.9. The summed E-state index contributed by atoms with van der Waals surface area (Å²) in [6.45, 7) is 0. The van der Waals surface area contributed by atoms with Crippen LogP contribution in [0.2, 0.25) is 5.02 Å². The largest absolute Gasteiger partial charge is 0.390 e. The second-order valence-corrected chi connectivity index (χ2v) is 8.54. The molecule has 0 aliphatic heterocycles. The number of fused-ring (bicyclic) bond motifs is 1. The van der Waals surface area contributed by atoms with Gasteiger partial charge in [-0.1, -0.05) is 11.6 Å². The number of primary amides is 1. The minimum atomic E-state index is -0.517. The third kappa shape index (κ3) is 2.27. The molecule has 0 saturated heterocycles. The van der Waals surface area contributed by atoms with E-state index in [0.717, 1.165) is 32.1 Å². The Hall–Kier alpha value is -1.79. The summed E-state index contributed by atoms with van der Waals surface area (Å²) >= 11 is 6.34. The molecule has 4 bridgehead atoms. The zero-order valence-corrected chi connectivity index (χ0v) is 14.5. The van der Waals surface area contributed by atoms with Crippen LogP contribution in [0.1, 0.15) is 42.5 Å². The van der Waals surface area contributed by atoms with Crippen LogP contribution < -0.4 is 11.1 Å². The normalized spacial score (nSPS) is 36.1. The number of hydrogen-bond donors (Lipinski definition) is 4. The number of carbonyl (C=O) groups is 1. The molecule has 2 atom stereocenters. The Morgan fingerprint density at radius 3 is 2.72 bits per heavy atom. The summed E-state index contributed by atoms with van der Waals surface area (Å²) in [4.78, 5) is 19.2. The number of halogens is 1. The number of pyridine rings is 1. The molecule has 0 aromatic carbocycles. The molecule has 6 nitrogen and oxygen atoms in total. The van der Waals surface area contributed by atoms with Crippen molar-refractivity contribution in [2.24, 2.45) is 23.5 Å². The van der Waals surface area contributed by atoms with E-state index in [1.54, 1.807) is 6.20 Å². The molecule has 25 heavy (non-hydrogen) atoms. The third-order valence-corrected chi connectivity index (χ3v) is 6.77. The number of hydrogen-bond acceptors (Lipinski definition) is 4. The van der Waals surface area contributed by atoms with Crippen LogP contribution in [0.3, 0.4) is 0 Å². The molecule has 4 saturated carbocycles. The quantitative estimate of drug-likeness (QED) is 0.675. The lowest BCUT2D eigenvalue weighted by Gasteiger charge is -2.58. The molecule has 1 amide bonds. The molecule has 2 aromatic rings. The number of aliphatic hydroxyl groups is 1. The summed E-state index contributed by atoms with van der Waals surface area (Å²) in [6, 6.07) is 0.228. The number of nitrogens with zero attached hydrogens (tertiary/aromatic N) is 1. The lowest BCUT2D eigenvalue weighted by atomic mass is 9.52. The first-order valence-corrected chi connectivity index (χ1v) is 9.25. The summed E-state index contributed by atoms with van der Waals surface area (Å²) in [6.07, 6.45) is 8.06. The van der Waals surface area contributed by atoms with Crippen molar-refractivity contribution in [1.29, 1.82) is 0 Å². The molecule has 7 heteroatoms. The number of anilines is 1. The van der Waals surface area contributed by atoms with Crippen LogP contribution in [-0.4, -0.2) is 32.6 Å². The van der Waals surface area contributed by atoms with Crippen molar-refractivity contribution >= 4 is 34.2 Å². The van der Waals surface area contributed by atoms with E-state index in [1.165, 1.54) is 6.20 Å². The Kier molecular flexibility index (Phi) is 3.16. The molecule has 132 valence electrons. The monoisotopic (exact) mass is 360 g/mol. The highest BCUT2D eigenvalue weighted by atomic mass is 35.5. The molecule has 0 radical (unpaired) electrons. The molecule has 0 spiro atoms. The fourth-order valence-corrected chi connectivity index (χ4v) is 6.02. The average molecular weight is 361 g/mol. The van der Waals surface area contributed by atoms with E-state index in [0.29, 0.717) is 45.1 Å². The Balaban J connectivity index is 1.57. The molecular weight excluding hydrogens is 340 g/mol. The van der Waals surface area contributed by atoms with E-state index in [4.69, 9.17) is 17.3 Å². The van der Waals surface area contributed by atoms with Gasteiger partial charge in [0.1, 0.15) is 5.65 Å². The number of aromatic nitrogens is 2. The zero-order valence-electron chi connectivity index (χ0n) is 13.8. The zero-order chi connectivity index (χ0) is 17.3. The Morgan fingerprint density at radius 2 is 2.08 bits per heavy atom. The maximum Gasteiger partial charge on any atom is 0.252 e. The van der Waals surface area contributed by atoms with Crippen molar-refractivity contribution < 1.29 is 9.90 Å². The van der Waals surface area contributed by atoms with Crippen LogP contribution in [0.4, 0.5) is 5.69 Å². The van der Waals surface area contributed by atoms with Gasteiger partial charge in [0.2, 0.25) is 0 Å². The first kappa shape index (κ1) is 15.5. The van der Waals surface area contributed by atoms with E-state index < -0.39 is 11.5 Å². The highest BCUT2D eigenvalue weighted by Gasteiger charge is 2.54. The van der Waals surface area contributed by atoms with Crippen LogP contribution in [0, 0.1) is 17.8 Å². The number of rotatable bonds is 3. The lowest BCUT2D eigenvalue weighted by Crippen LogP contribution is -2.59. The van der Waals surface area contributed by atoms with Gasteiger partial charge in [-0.3, -0.25) is 4.79 Å². The number of amides is 1. The van der Waals surface area contributed by atoms with Gasteiger partial charge in [0.15, 0.2) is 0 Å². The SMILES string of the molecule is NC(=O)c1cnc2[nH]cc(Cl)c2c1NC1C2CC3CC1CC(O)(C3)C2. The van der Waals surface area contributed by atoms with Crippen LogP contribution in [0.5, 0.6) is 0 Å². The van der Waals surface area contributed by atoms with Crippen molar-refractivity contribution in [2.45, 2.75) is 43.7 Å². The summed E-state index contributed by atoms with van der Waals surface area (Å²) < 4.78 is 0. The van der Waals surface area contributed by atoms with Gasteiger partial charge >= 0.3 is 0 Å². The Morgan fingerprint density at radius 1 is 1.36 bits per heavy atom. The molecular formula is C18H21ClN4O2. The number of H-pyrrole nitrogens is 1. The van der Waals surface area contributed by atoms with Crippen molar-refractivity contribution in [1.82, 2.24) is 9.97 Å². The third-order valence-electron chi connectivity index (χ3n) is 6.47. The van der Waals surface area contributed by atoms with E-state index in [-0.39, 0.29) is 6.04 Å². The molecule has 4 fully saturated rings. The maximum atomic E-state index is 11.9. The molecule has 2 unspecified atom stereocenters. The van der Waals surface area contributed by atoms with Crippen LogP contribution in [0.15, 0.2) is 12.4 Å². The molecule has 4 aliphatic rings. The average Bonchev–Trinajstić information content (AvgIpc) is 2.90. The topological polar surface area (TPSA) is 104 Å². The van der Waals surface area contributed by atoms with Gasteiger partial charge < -0.3 is 21.1 Å².